The average Bonchev–Trinajstić information content (AvgIpc) is 2.64. The molecule has 1 heterocycles. The Morgan fingerprint density at radius 3 is 2.88 bits per heavy atom. The van der Waals surface area contributed by atoms with Crippen molar-refractivity contribution in [1.29, 1.82) is 0 Å². The van der Waals surface area contributed by atoms with Crippen molar-refractivity contribution in [1.82, 2.24) is 20.1 Å². The second-order valence-electron chi connectivity index (χ2n) is 4.40. The average molecular weight is 256 g/mol. The van der Waals surface area contributed by atoms with Crippen LogP contribution < -0.4 is 5.32 Å². The molecule has 17 heavy (non-hydrogen) atoms. The Morgan fingerprint density at radius 2 is 2.29 bits per heavy atom. The summed E-state index contributed by atoms with van der Waals surface area (Å²) in [5.41, 5.74) is 0. The van der Waals surface area contributed by atoms with E-state index >= 15 is 0 Å². The zero-order valence-electron chi connectivity index (χ0n) is 10.6. The van der Waals surface area contributed by atoms with Gasteiger partial charge in [-0.05, 0) is 18.1 Å². The fraction of sp³-hybridized carbons (Fsp3) is 0.727. The van der Waals surface area contributed by atoms with E-state index in [-0.39, 0.29) is 5.91 Å². The SMILES string of the molecule is CCc1n[nH]c(=S)n1CCC(=O)NCC(C)C. The second kappa shape index (κ2) is 6.54. The standard InChI is InChI=1S/C11H20N4OS/c1-4-9-13-14-11(17)15(9)6-5-10(16)12-7-8(2)3/h8H,4-7H2,1-3H3,(H,12,16)(H,14,17). The molecule has 6 heteroatoms. The van der Waals surface area contributed by atoms with Gasteiger partial charge < -0.3 is 9.88 Å². The van der Waals surface area contributed by atoms with Crippen LogP contribution in [0.25, 0.3) is 0 Å². The smallest absolute Gasteiger partial charge is 0.221 e. The lowest BCUT2D eigenvalue weighted by molar-refractivity contribution is -0.121. The minimum atomic E-state index is 0.0591. The van der Waals surface area contributed by atoms with Crippen LogP contribution in [0.3, 0.4) is 0 Å². The van der Waals surface area contributed by atoms with Crippen molar-refractivity contribution in [2.24, 2.45) is 5.92 Å². The normalized spacial score (nSPS) is 10.8. The van der Waals surface area contributed by atoms with Crippen molar-refractivity contribution >= 4 is 18.1 Å². The van der Waals surface area contributed by atoms with E-state index in [0.717, 1.165) is 18.8 Å². The Hall–Kier alpha value is -1.17. The third-order valence-corrected chi connectivity index (χ3v) is 2.74. The zero-order chi connectivity index (χ0) is 12.8. The first-order valence-corrected chi connectivity index (χ1v) is 6.36. The van der Waals surface area contributed by atoms with E-state index in [1.807, 2.05) is 11.5 Å². The molecule has 0 aliphatic heterocycles. The van der Waals surface area contributed by atoms with Crippen LogP contribution >= 0.6 is 12.2 Å². The predicted octanol–water partition coefficient (Wildman–Crippen LogP) is 1.67. The van der Waals surface area contributed by atoms with Crippen molar-refractivity contribution < 1.29 is 4.79 Å². The van der Waals surface area contributed by atoms with Gasteiger partial charge in [-0.2, -0.15) is 5.10 Å². The lowest BCUT2D eigenvalue weighted by Gasteiger charge is -2.08. The third-order valence-electron chi connectivity index (χ3n) is 2.42. The van der Waals surface area contributed by atoms with Gasteiger partial charge in [0.05, 0.1) is 0 Å². The second-order valence-corrected chi connectivity index (χ2v) is 4.78. The highest BCUT2D eigenvalue weighted by molar-refractivity contribution is 7.71. The summed E-state index contributed by atoms with van der Waals surface area (Å²) in [5, 5.41) is 9.73. The highest BCUT2D eigenvalue weighted by Gasteiger charge is 2.07. The molecule has 1 amide bonds. The van der Waals surface area contributed by atoms with Crippen LogP contribution in [0, 0.1) is 10.7 Å². The highest BCUT2D eigenvalue weighted by atomic mass is 32.1. The van der Waals surface area contributed by atoms with Crippen molar-refractivity contribution in [3.05, 3.63) is 10.6 Å². The molecule has 0 bridgehead atoms. The van der Waals surface area contributed by atoms with Gasteiger partial charge in [-0.1, -0.05) is 20.8 Å². The molecule has 2 N–H and O–H groups in total. The summed E-state index contributed by atoms with van der Waals surface area (Å²) < 4.78 is 2.46. The molecule has 0 spiro atoms. The summed E-state index contributed by atoms with van der Waals surface area (Å²) in [5.74, 6) is 1.43. The van der Waals surface area contributed by atoms with E-state index < -0.39 is 0 Å². The maximum absolute atomic E-state index is 11.6. The number of hydrogen-bond donors (Lipinski definition) is 2. The van der Waals surface area contributed by atoms with Gasteiger partial charge in [0.15, 0.2) is 4.77 Å². The highest BCUT2D eigenvalue weighted by Crippen LogP contribution is 2.00. The molecule has 0 saturated heterocycles. The molecule has 96 valence electrons. The maximum Gasteiger partial charge on any atom is 0.221 e. The van der Waals surface area contributed by atoms with E-state index in [9.17, 15) is 4.79 Å². The largest absolute Gasteiger partial charge is 0.356 e. The molecule has 1 aromatic heterocycles. The van der Waals surface area contributed by atoms with Gasteiger partial charge in [0.25, 0.3) is 0 Å². The van der Waals surface area contributed by atoms with Crippen LogP contribution in [-0.2, 0) is 17.8 Å². The van der Waals surface area contributed by atoms with Crippen LogP contribution in [0.4, 0.5) is 0 Å². The Morgan fingerprint density at radius 1 is 1.59 bits per heavy atom. The van der Waals surface area contributed by atoms with Crippen LogP contribution in [0.15, 0.2) is 0 Å². The summed E-state index contributed by atoms with van der Waals surface area (Å²) in [7, 11) is 0. The van der Waals surface area contributed by atoms with Gasteiger partial charge in [-0.3, -0.25) is 9.89 Å². The van der Waals surface area contributed by atoms with Gasteiger partial charge >= 0.3 is 0 Å². The number of amides is 1. The lowest BCUT2D eigenvalue weighted by atomic mass is 10.2. The molecule has 0 radical (unpaired) electrons. The Kier molecular flexibility index (Phi) is 5.34. The first kappa shape index (κ1) is 13.9. The molecule has 0 unspecified atom stereocenters. The molecule has 1 rings (SSSR count). The maximum atomic E-state index is 11.6. The van der Waals surface area contributed by atoms with Crippen molar-refractivity contribution in [2.45, 2.75) is 40.2 Å². The van der Waals surface area contributed by atoms with Crippen molar-refractivity contribution in [2.75, 3.05) is 6.54 Å². The zero-order valence-corrected chi connectivity index (χ0v) is 11.4. The number of aromatic nitrogens is 3. The number of nitrogens with zero attached hydrogens (tertiary/aromatic N) is 2. The minimum Gasteiger partial charge on any atom is -0.356 e. The number of carbonyl (C=O) groups excluding carboxylic acids is 1. The van der Waals surface area contributed by atoms with E-state index in [0.29, 0.717) is 23.7 Å². The predicted molar refractivity (Wildman–Crippen MR) is 69.3 cm³/mol. The first-order chi connectivity index (χ1) is 8.04. The minimum absolute atomic E-state index is 0.0591. The molecule has 0 aromatic carbocycles. The van der Waals surface area contributed by atoms with E-state index in [1.165, 1.54) is 0 Å². The number of rotatable bonds is 6. The van der Waals surface area contributed by atoms with E-state index in [1.54, 1.807) is 0 Å². The lowest BCUT2D eigenvalue weighted by Crippen LogP contribution is -2.28. The fourth-order valence-corrected chi connectivity index (χ4v) is 1.71. The summed E-state index contributed by atoms with van der Waals surface area (Å²) in [6.45, 7) is 7.46. The topological polar surface area (TPSA) is 62.7 Å². The van der Waals surface area contributed by atoms with Crippen molar-refractivity contribution in [3.8, 4) is 0 Å². The first-order valence-electron chi connectivity index (χ1n) is 5.95. The molecule has 0 aliphatic carbocycles. The van der Waals surface area contributed by atoms with Gasteiger partial charge in [0, 0.05) is 25.9 Å². The van der Waals surface area contributed by atoms with E-state index in [4.69, 9.17) is 12.2 Å². The number of H-pyrrole nitrogens is 1. The Balaban J connectivity index is 2.47. The van der Waals surface area contributed by atoms with E-state index in [2.05, 4.69) is 29.4 Å². The Labute approximate surface area is 107 Å². The number of hydrogen-bond acceptors (Lipinski definition) is 3. The van der Waals surface area contributed by atoms with Gasteiger partial charge in [0.1, 0.15) is 5.82 Å². The molecule has 1 aromatic rings. The Bertz CT molecular complexity index is 421. The van der Waals surface area contributed by atoms with Crippen LogP contribution in [0.5, 0.6) is 0 Å². The number of carbonyl (C=O) groups is 1. The van der Waals surface area contributed by atoms with Gasteiger partial charge in [-0.25, -0.2) is 0 Å². The molecule has 0 saturated carbocycles. The molecular formula is C11H20N4OS. The monoisotopic (exact) mass is 256 g/mol. The molecule has 5 nitrogen and oxygen atoms in total. The van der Waals surface area contributed by atoms with Crippen LogP contribution in [0.1, 0.15) is 33.0 Å². The van der Waals surface area contributed by atoms with Crippen LogP contribution in [-0.4, -0.2) is 27.2 Å². The molecular weight excluding hydrogens is 236 g/mol. The quantitative estimate of drug-likeness (QED) is 0.761. The number of nitrogens with one attached hydrogen (secondary N) is 2. The summed E-state index contributed by atoms with van der Waals surface area (Å²) in [6.07, 6.45) is 1.24. The summed E-state index contributed by atoms with van der Waals surface area (Å²) in [6, 6.07) is 0. The fourth-order valence-electron chi connectivity index (χ4n) is 1.47. The van der Waals surface area contributed by atoms with Gasteiger partial charge in [-0.15, -0.1) is 0 Å². The number of aromatic amines is 1. The molecule has 0 fully saturated rings. The van der Waals surface area contributed by atoms with Gasteiger partial charge in [0.2, 0.25) is 5.91 Å². The molecule has 0 aliphatic rings. The summed E-state index contributed by atoms with van der Waals surface area (Å²) in [4.78, 5) is 11.6. The summed E-state index contributed by atoms with van der Waals surface area (Å²) >= 11 is 5.11. The van der Waals surface area contributed by atoms with Crippen molar-refractivity contribution in [3.63, 3.8) is 0 Å². The molecule has 0 atom stereocenters. The third kappa shape index (κ3) is 4.30. The number of aryl methyl sites for hydroxylation is 1. The van der Waals surface area contributed by atoms with Crippen LogP contribution in [0.2, 0.25) is 0 Å².